The number of amides is 1. The van der Waals surface area contributed by atoms with Gasteiger partial charge in [-0.25, -0.2) is 4.79 Å². The summed E-state index contributed by atoms with van der Waals surface area (Å²) in [5, 5.41) is 11.2. The molecular formula is C19H21NO4. The molecule has 2 aromatic carbocycles. The molecule has 2 atom stereocenters. The Kier molecular flexibility index (Phi) is 4.42. The normalized spacial score (nSPS) is 16.4. The van der Waals surface area contributed by atoms with Gasteiger partial charge >= 0.3 is 5.97 Å². The smallest absolute Gasteiger partial charge is 0.326 e. The van der Waals surface area contributed by atoms with Crippen LogP contribution in [0.4, 0.5) is 0 Å². The van der Waals surface area contributed by atoms with E-state index in [0.717, 1.165) is 23.6 Å². The molecule has 0 radical (unpaired) electrons. The van der Waals surface area contributed by atoms with Gasteiger partial charge in [0.2, 0.25) is 0 Å². The van der Waals surface area contributed by atoms with Crippen LogP contribution in [-0.4, -0.2) is 40.1 Å². The van der Waals surface area contributed by atoms with Gasteiger partial charge < -0.3 is 14.7 Å². The van der Waals surface area contributed by atoms with Crippen LogP contribution in [0.3, 0.4) is 0 Å². The Balaban J connectivity index is 1.81. The molecule has 1 saturated carbocycles. The second kappa shape index (κ2) is 6.51. The summed E-state index contributed by atoms with van der Waals surface area (Å²) in [7, 11) is 0. The van der Waals surface area contributed by atoms with Gasteiger partial charge in [0.25, 0.3) is 5.91 Å². The lowest BCUT2D eigenvalue weighted by Crippen LogP contribution is -2.49. The monoisotopic (exact) mass is 327 g/mol. The fraction of sp³-hybridized carbons (Fsp3) is 0.368. The van der Waals surface area contributed by atoms with Gasteiger partial charge in [0.1, 0.15) is 11.8 Å². The molecular weight excluding hydrogens is 306 g/mol. The molecule has 5 heteroatoms. The van der Waals surface area contributed by atoms with Crippen molar-refractivity contribution in [3.05, 3.63) is 42.5 Å². The predicted molar refractivity (Wildman–Crippen MR) is 91.0 cm³/mol. The number of aliphatic carboxylic acids is 1. The van der Waals surface area contributed by atoms with E-state index in [1.54, 1.807) is 13.8 Å². The topological polar surface area (TPSA) is 66.8 Å². The maximum absolute atomic E-state index is 12.7. The van der Waals surface area contributed by atoms with Crippen molar-refractivity contribution in [3.8, 4) is 5.75 Å². The van der Waals surface area contributed by atoms with Crippen LogP contribution in [0.2, 0.25) is 0 Å². The zero-order valence-corrected chi connectivity index (χ0v) is 13.8. The second-order valence-electron chi connectivity index (χ2n) is 6.23. The van der Waals surface area contributed by atoms with E-state index in [1.807, 2.05) is 42.5 Å². The van der Waals surface area contributed by atoms with Crippen molar-refractivity contribution in [1.29, 1.82) is 0 Å². The minimum atomic E-state index is -0.993. The summed E-state index contributed by atoms with van der Waals surface area (Å²) in [6.07, 6.45) is 0.965. The van der Waals surface area contributed by atoms with Crippen LogP contribution in [0.1, 0.15) is 26.7 Å². The second-order valence-corrected chi connectivity index (χ2v) is 6.23. The predicted octanol–water partition coefficient (Wildman–Crippen LogP) is 3.07. The van der Waals surface area contributed by atoms with Gasteiger partial charge in [0.15, 0.2) is 6.10 Å². The molecule has 3 rings (SSSR count). The number of carbonyl (C=O) groups excluding carboxylic acids is 1. The lowest BCUT2D eigenvalue weighted by atomic mass is 10.1. The van der Waals surface area contributed by atoms with Crippen LogP contribution in [0.25, 0.3) is 10.8 Å². The molecule has 0 aliphatic heterocycles. The molecule has 2 aromatic rings. The molecule has 0 spiro atoms. The molecule has 1 fully saturated rings. The third-order valence-electron chi connectivity index (χ3n) is 4.37. The lowest BCUT2D eigenvalue weighted by molar-refractivity contribution is -0.153. The van der Waals surface area contributed by atoms with E-state index in [4.69, 9.17) is 4.74 Å². The minimum Gasteiger partial charge on any atom is -0.480 e. The van der Waals surface area contributed by atoms with E-state index >= 15 is 0 Å². The van der Waals surface area contributed by atoms with Gasteiger partial charge in [-0.1, -0.05) is 36.4 Å². The van der Waals surface area contributed by atoms with E-state index in [2.05, 4.69) is 0 Å². The summed E-state index contributed by atoms with van der Waals surface area (Å²) < 4.78 is 5.89. The van der Waals surface area contributed by atoms with Gasteiger partial charge in [-0.3, -0.25) is 4.79 Å². The number of carboxylic acid groups (broad SMARTS) is 1. The molecule has 2 unspecified atom stereocenters. The Labute approximate surface area is 140 Å². The van der Waals surface area contributed by atoms with Crippen LogP contribution in [0.5, 0.6) is 5.75 Å². The Bertz CT molecular complexity index is 764. The molecule has 5 nitrogen and oxygen atoms in total. The van der Waals surface area contributed by atoms with E-state index < -0.39 is 18.1 Å². The highest BCUT2D eigenvalue weighted by atomic mass is 16.5. The lowest BCUT2D eigenvalue weighted by Gasteiger charge is -2.29. The fourth-order valence-corrected chi connectivity index (χ4v) is 2.91. The number of hydrogen-bond donors (Lipinski definition) is 1. The van der Waals surface area contributed by atoms with Crippen molar-refractivity contribution in [2.24, 2.45) is 0 Å². The fourth-order valence-electron chi connectivity index (χ4n) is 2.91. The number of fused-ring (bicyclic) bond motifs is 1. The molecule has 0 bridgehead atoms. The highest BCUT2D eigenvalue weighted by Crippen LogP contribution is 2.31. The Morgan fingerprint density at radius 2 is 1.79 bits per heavy atom. The summed E-state index contributed by atoms with van der Waals surface area (Å²) >= 11 is 0. The minimum absolute atomic E-state index is 0.0159. The Morgan fingerprint density at radius 1 is 1.12 bits per heavy atom. The van der Waals surface area contributed by atoms with Crippen LogP contribution < -0.4 is 4.74 Å². The summed E-state index contributed by atoms with van der Waals surface area (Å²) in [5.41, 5.74) is 0. The molecule has 0 heterocycles. The first kappa shape index (κ1) is 16.3. The Morgan fingerprint density at radius 3 is 2.46 bits per heavy atom. The SMILES string of the molecule is CC(Oc1cccc2ccccc12)C(=O)N(C1CC1)C(C)C(=O)O. The first-order valence-corrected chi connectivity index (χ1v) is 8.18. The molecule has 0 saturated heterocycles. The zero-order valence-electron chi connectivity index (χ0n) is 13.8. The summed E-state index contributed by atoms with van der Waals surface area (Å²) in [5.74, 6) is -0.638. The molecule has 1 aliphatic carbocycles. The third-order valence-corrected chi connectivity index (χ3v) is 4.37. The average Bonchev–Trinajstić information content (AvgIpc) is 3.40. The summed E-state index contributed by atoms with van der Waals surface area (Å²) in [4.78, 5) is 25.5. The van der Waals surface area contributed by atoms with Crippen LogP contribution >= 0.6 is 0 Å². The van der Waals surface area contributed by atoms with Crippen molar-refractivity contribution in [2.45, 2.75) is 44.9 Å². The number of ether oxygens (including phenoxy) is 1. The molecule has 24 heavy (non-hydrogen) atoms. The molecule has 1 amide bonds. The first-order chi connectivity index (χ1) is 11.5. The number of carboxylic acids is 1. The van der Waals surface area contributed by atoms with Crippen molar-refractivity contribution in [2.75, 3.05) is 0 Å². The van der Waals surface area contributed by atoms with Gasteiger partial charge in [0, 0.05) is 11.4 Å². The molecule has 0 aromatic heterocycles. The van der Waals surface area contributed by atoms with E-state index in [1.165, 1.54) is 4.90 Å². The molecule has 1 aliphatic rings. The standard InChI is InChI=1S/C19H21NO4/c1-12(19(22)23)20(15-10-11-15)18(21)13(2)24-17-9-5-7-14-6-3-4-8-16(14)17/h3-9,12-13,15H,10-11H2,1-2H3,(H,22,23). The van der Waals surface area contributed by atoms with E-state index in [0.29, 0.717) is 5.75 Å². The van der Waals surface area contributed by atoms with Crippen molar-refractivity contribution < 1.29 is 19.4 Å². The maximum atomic E-state index is 12.7. The highest BCUT2D eigenvalue weighted by Gasteiger charge is 2.40. The Hall–Kier alpha value is -2.56. The van der Waals surface area contributed by atoms with Gasteiger partial charge in [0.05, 0.1) is 0 Å². The molecule has 1 N–H and O–H groups in total. The average molecular weight is 327 g/mol. The summed E-state index contributed by atoms with van der Waals surface area (Å²) in [6.45, 7) is 3.22. The maximum Gasteiger partial charge on any atom is 0.326 e. The van der Waals surface area contributed by atoms with Crippen molar-refractivity contribution in [1.82, 2.24) is 4.90 Å². The van der Waals surface area contributed by atoms with Gasteiger partial charge in [-0.15, -0.1) is 0 Å². The number of carbonyl (C=O) groups is 2. The number of benzene rings is 2. The van der Waals surface area contributed by atoms with E-state index in [-0.39, 0.29) is 11.9 Å². The van der Waals surface area contributed by atoms with E-state index in [9.17, 15) is 14.7 Å². The number of nitrogens with zero attached hydrogens (tertiary/aromatic N) is 1. The van der Waals surface area contributed by atoms with Gasteiger partial charge in [-0.05, 0) is 38.1 Å². The molecule has 126 valence electrons. The van der Waals surface area contributed by atoms with Crippen LogP contribution in [-0.2, 0) is 9.59 Å². The van der Waals surface area contributed by atoms with Crippen molar-refractivity contribution >= 4 is 22.6 Å². The highest BCUT2D eigenvalue weighted by molar-refractivity contribution is 5.90. The van der Waals surface area contributed by atoms with Crippen LogP contribution in [0, 0.1) is 0 Å². The van der Waals surface area contributed by atoms with Crippen molar-refractivity contribution in [3.63, 3.8) is 0 Å². The zero-order chi connectivity index (χ0) is 17.3. The number of hydrogen-bond acceptors (Lipinski definition) is 3. The largest absolute Gasteiger partial charge is 0.480 e. The van der Waals surface area contributed by atoms with Crippen LogP contribution in [0.15, 0.2) is 42.5 Å². The van der Waals surface area contributed by atoms with Gasteiger partial charge in [-0.2, -0.15) is 0 Å². The number of rotatable bonds is 6. The quantitative estimate of drug-likeness (QED) is 0.885. The first-order valence-electron chi connectivity index (χ1n) is 8.18. The third kappa shape index (κ3) is 3.20. The summed E-state index contributed by atoms with van der Waals surface area (Å²) in [6, 6.07) is 12.7.